The van der Waals surface area contributed by atoms with Crippen LogP contribution in [0.4, 0.5) is 0 Å². The Morgan fingerprint density at radius 1 is 1.50 bits per heavy atom. The maximum Gasteiger partial charge on any atom is 0.305 e. The number of aliphatic carboxylic acids is 1. The van der Waals surface area contributed by atoms with Gasteiger partial charge in [-0.15, -0.1) is 4.91 Å². The van der Waals surface area contributed by atoms with Crippen LogP contribution in [0.2, 0.25) is 0 Å². The molecular formula is C8H13N3O5. The number of aldehydes is 1. The van der Waals surface area contributed by atoms with Gasteiger partial charge in [-0.25, -0.2) is 0 Å². The molecule has 0 bridgehead atoms. The molecule has 0 spiro atoms. The molecule has 0 fully saturated rings. The smallest absolute Gasteiger partial charge is 0.305 e. The first kappa shape index (κ1) is 14.2. The number of nitrogens with one attached hydrogen (secondary N) is 1. The molecular weight excluding hydrogens is 218 g/mol. The summed E-state index contributed by atoms with van der Waals surface area (Å²) in [5.41, 5.74) is 5.14. The summed E-state index contributed by atoms with van der Waals surface area (Å²) in [6, 6.07) is -2.35. The minimum atomic E-state index is -1.23. The van der Waals surface area contributed by atoms with Crippen molar-refractivity contribution in [3.63, 3.8) is 0 Å². The number of amides is 1. The second kappa shape index (κ2) is 7.46. The number of carbonyl (C=O) groups excluding carboxylic acids is 2. The van der Waals surface area contributed by atoms with Gasteiger partial charge in [0.25, 0.3) is 0 Å². The highest BCUT2D eigenvalue weighted by Gasteiger charge is 2.22. The number of carboxylic acids is 1. The van der Waals surface area contributed by atoms with Gasteiger partial charge in [-0.2, -0.15) is 0 Å². The normalized spacial score (nSPS) is 13.6. The average molecular weight is 231 g/mol. The van der Waals surface area contributed by atoms with E-state index in [9.17, 15) is 19.3 Å². The molecule has 0 radical (unpaired) electrons. The van der Waals surface area contributed by atoms with Crippen LogP contribution in [0.5, 0.6) is 0 Å². The van der Waals surface area contributed by atoms with E-state index in [4.69, 9.17) is 10.8 Å². The summed E-state index contributed by atoms with van der Waals surface area (Å²) in [6.07, 6.45) is -0.201. The first-order chi connectivity index (χ1) is 7.54. The summed E-state index contributed by atoms with van der Waals surface area (Å²) in [6.45, 7) is 0.0918. The largest absolute Gasteiger partial charge is 0.481 e. The molecule has 2 atom stereocenters. The standard InChI is InChI=1S/C8H13N3O5/c9-2-1-6(11-16)8(15)10-5(4-12)3-7(13)14/h4-6H,1-3,9H2,(H,10,15)(H,13,14)/t5-,6?/m0/s1. The van der Waals surface area contributed by atoms with Crippen LogP contribution in [0.1, 0.15) is 12.8 Å². The number of nitrogens with zero attached hydrogens (tertiary/aromatic N) is 1. The van der Waals surface area contributed by atoms with E-state index >= 15 is 0 Å². The van der Waals surface area contributed by atoms with Gasteiger partial charge in [-0.05, 0) is 13.0 Å². The first-order valence-corrected chi connectivity index (χ1v) is 4.55. The molecule has 0 rings (SSSR count). The van der Waals surface area contributed by atoms with Crippen molar-refractivity contribution in [1.29, 1.82) is 0 Å². The van der Waals surface area contributed by atoms with Crippen LogP contribution >= 0.6 is 0 Å². The third-order valence-electron chi connectivity index (χ3n) is 1.76. The van der Waals surface area contributed by atoms with Crippen molar-refractivity contribution in [1.82, 2.24) is 5.32 Å². The molecule has 0 heterocycles. The third kappa shape index (κ3) is 5.15. The second-order valence-corrected chi connectivity index (χ2v) is 3.05. The maximum atomic E-state index is 11.3. The van der Waals surface area contributed by atoms with Crippen molar-refractivity contribution in [3.05, 3.63) is 4.91 Å². The number of carboxylic acid groups (broad SMARTS) is 1. The van der Waals surface area contributed by atoms with Gasteiger partial charge in [-0.1, -0.05) is 5.18 Å². The highest BCUT2D eigenvalue weighted by Crippen LogP contribution is 1.98. The van der Waals surface area contributed by atoms with Crippen LogP contribution < -0.4 is 11.1 Å². The fraction of sp³-hybridized carbons (Fsp3) is 0.625. The molecule has 0 aliphatic carbocycles. The fourth-order valence-electron chi connectivity index (χ4n) is 0.990. The van der Waals surface area contributed by atoms with E-state index in [1.807, 2.05) is 0 Å². The molecule has 0 aromatic rings. The van der Waals surface area contributed by atoms with Gasteiger partial charge in [0.05, 0.1) is 12.5 Å². The van der Waals surface area contributed by atoms with E-state index in [1.54, 1.807) is 0 Å². The lowest BCUT2D eigenvalue weighted by Gasteiger charge is -2.12. The van der Waals surface area contributed by atoms with Crippen LogP contribution in [0, 0.1) is 4.91 Å². The quantitative estimate of drug-likeness (QED) is 0.348. The Morgan fingerprint density at radius 3 is 2.50 bits per heavy atom. The van der Waals surface area contributed by atoms with Gasteiger partial charge in [0.2, 0.25) is 5.91 Å². The second-order valence-electron chi connectivity index (χ2n) is 3.05. The minimum absolute atomic E-state index is 0.0496. The van der Waals surface area contributed by atoms with E-state index in [0.29, 0.717) is 0 Å². The number of rotatable bonds is 8. The summed E-state index contributed by atoms with van der Waals surface area (Å²) >= 11 is 0. The van der Waals surface area contributed by atoms with Gasteiger partial charge in [-0.3, -0.25) is 9.59 Å². The van der Waals surface area contributed by atoms with Crippen LogP contribution in [-0.4, -0.2) is 41.9 Å². The predicted molar refractivity (Wildman–Crippen MR) is 53.5 cm³/mol. The van der Waals surface area contributed by atoms with Gasteiger partial charge in [0, 0.05) is 0 Å². The maximum absolute atomic E-state index is 11.3. The molecule has 0 aliphatic rings. The van der Waals surface area contributed by atoms with E-state index in [-0.39, 0.29) is 19.3 Å². The zero-order valence-electron chi connectivity index (χ0n) is 8.46. The molecule has 8 nitrogen and oxygen atoms in total. The summed E-state index contributed by atoms with van der Waals surface area (Å²) < 4.78 is 0. The van der Waals surface area contributed by atoms with Gasteiger partial charge in [0.15, 0.2) is 6.04 Å². The third-order valence-corrected chi connectivity index (χ3v) is 1.76. The van der Waals surface area contributed by atoms with Crippen LogP contribution in [0.3, 0.4) is 0 Å². The van der Waals surface area contributed by atoms with Crippen molar-refractivity contribution in [2.45, 2.75) is 24.9 Å². The summed E-state index contributed by atoms with van der Waals surface area (Å²) in [4.78, 5) is 42.3. The molecule has 0 aliphatic heterocycles. The average Bonchev–Trinajstić information content (AvgIpc) is 2.23. The summed E-state index contributed by atoms with van der Waals surface area (Å²) in [7, 11) is 0. The highest BCUT2D eigenvalue weighted by molar-refractivity contribution is 5.86. The van der Waals surface area contributed by atoms with E-state index in [1.165, 1.54) is 0 Å². The van der Waals surface area contributed by atoms with Gasteiger partial charge >= 0.3 is 5.97 Å². The molecule has 8 heteroatoms. The predicted octanol–water partition coefficient (Wildman–Crippen LogP) is -1.37. The van der Waals surface area contributed by atoms with Crippen LogP contribution in [0.25, 0.3) is 0 Å². The fourth-order valence-corrected chi connectivity index (χ4v) is 0.990. The molecule has 0 aromatic heterocycles. The number of nitroso groups, excluding NO2 is 1. The zero-order valence-corrected chi connectivity index (χ0v) is 8.46. The lowest BCUT2D eigenvalue weighted by atomic mass is 10.1. The lowest BCUT2D eigenvalue weighted by molar-refractivity contribution is -0.138. The van der Waals surface area contributed by atoms with Gasteiger partial charge in [0.1, 0.15) is 6.29 Å². The Bertz CT molecular complexity index is 281. The van der Waals surface area contributed by atoms with Crippen molar-refractivity contribution in [3.8, 4) is 0 Å². The highest BCUT2D eigenvalue weighted by atomic mass is 16.4. The number of carbonyl (C=O) groups is 3. The molecule has 0 saturated heterocycles. The number of hydrogen-bond donors (Lipinski definition) is 3. The molecule has 1 unspecified atom stereocenters. The molecule has 0 saturated carbocycles. The molecule has 16 heavy (non-hydrogen) atoms. The number of nitrogens with two attached hydrogens (primary N) is 1. The first-order valence-electron chi connectivity index (χ1n) is 4.55. The monoisotopic (exact) mass is 231 g/mol. The van der Waals surface area contributed by atoms with E-state index in [2.05, 4.69) is 10.5 Å². The zero-order chi connectivity index (χ0) is 12.6. The topological polar surface area (TPSA) is 139 Å². The Labute approximate surface area is 91.2 Å². The number of hydrogen-bond acceptors (Lipinski definition) is 6. The Kier molecular flexibility index (Phi) is 6.61. The van der Waals surface area contributed by atoms with E-state index in [0.717, 1.165) is 0 Å². The lowest BCUT2D eigenvalue weighted by Crippen LogP contribution is -2.43. The Hall–Kier alpha value is -1.83. The van der Waals surface area contributed by atoms with Crippen molar-refractivity contribution in [2.24, 2.45) is 10.9 Å². The molecule has 4 N–H and O–H groups in total. The molecule has 90 valence electrons. The van der Waals surface area contributed by atoms with Crippen LogP contribution in [0.15, 0.2) is 5.18 Å². The van der Waals surface area contributed by atoms with Crippen molar-refractivity contribution >= 4 is 18.2 Å². The van der Waals surface area contributed by atoms with Crippen molar-refractivity contribution < 1.29 is 19.5 Å². The Morgan fingerprint density at radius 2 is 2.12 bits per heavy atom. The van der Waals surface area contributed by atoms with Crippen molar-refractivity contribution in [2.75, 3.05) is 6.54 Å². The minimum Gasteiger partial charge on any atom is -0.481 e. The molecule has 1 amide bonds. The van der Waals surface area contributed by atoms with Gasteiger partial charge < -0.3 is 21.0 Å². The summed E-state index contributed by atoms with van der Waals surface area (Å²) in [5, 5.41) is 13.0. The summed E-state index contributed by atoms with van der Waals surface area (Å²) in [5.74, 6) is -2.02. The SMILES string of the molecule is NCCC(N=O)C(=O)N[C@H](C=O)CC(=O)O. The molecule has 0 aromatic carbocycles. The van der Waals surface area contributed by atoms with E-state index < -0.39 is 30.4 Å². The van der Waals surface area contributed by atoms with Crippen LogP contribution in [-0.2, 0) is 14.4 Å². The Balaban J connectivity index is 4.32.